The fourth-order valence-corrected chi connectivity index (χ4v) is 4.98. The van der Waals surface area contributed by atoms with Crippen molar-refractivity contribution < 1.29 is 22.7 Å². The van der Waals surface area contributed by atoms with Gasteiger partial charge in [0.05, 0.1) is 22.7 Å². The number of halogens is 1. The minimum atomic E-state index is -3.66. The number of carbonyl (C=O) groups is 1. The van der Waals surface area contributed by atoms with Crippen LogP contribution in [0.15, 0.2) is 47.4 Å². The molecule has 0 aliphatic heterocycles. The molecule has 1 saturated carbocycles. The molecule has 0 atom stereocenters. The predicted octanol–water partition coefficient (Wildman–Crippen LogP) is 3.98. The van der Waals surface area contributed by atoms with Crippen molar-refractivity contribution in [3.63, 3.8) is 0 Å². The molecule has 0 heterocycles. The number of nitrogens with one attached hydrogen (secondary N) is 2. The zero-order valence-electron chi connectivity index (χ0n) is 16.7. The van der Waals surface area contributed by atoms with Gasteiger partial charge in [-0.05, 0) is 43.2 Å². The Labute approximate surface area is 181 Å². The van der Waals surface area contributed by atoms with Gasteiger partial charge < -0.3 is 14.8 Å². The Morgan fingerprint density at radius 1 is 1.10 bits per heavy atom. The molecule has 7 nitrogen and oxygen atoms in total. The second-order valence-electron chi connectivity index (χ2n) is 7.09. The third-order valence-corrected chi connectivity index (χ3v) is 6.69. The van der Waals surface area contributed by atoms with E-state index in [0.29, 0.717) is 11.4 Å². The summed E-state index contributed by atoms with van der Waals surface area (Å²) in [5.74, 6) is 0.360. The van der Waals surface area contributed by atoms with Crippen molar-refractivity contribution in [2.45, 2.75) is 43.0 Å². The number of anilines is 1. The SMILES string of the molecule is COc1ccccc1NC(=O)COc1ccc(S(=O)(=O)NC2CCCCC2)cc1Cl. The summed E-state index contributed by atoms with van der Waals surface area (Å²) in [5.41, 5.74) is 0.523. The van der Waals surface area contributed by atoms with Crippen LogP contribution < -0.4 is 19.5 Å². The van der Waals surface area contributed by atoms with Crippen LogP contribution in [-0.2, 0) is 14.8 Å². The molecule has 9 heteroatoms. The Bertz CT molecular complexity index is 991. The monoisotopic (exact) mass is 452 g/mol. The molecule has 1 fully saturated rings. The number of para-hydroxylation sites is 2. The van der Waals surface area contributed by atoms with Crippen molar-refractivity contribution in [1.82, 2.24) is 4.72 Å². The molecule has 0 spiro atoms. The second-order valence-corrected chi connectivity index (χ2v) is 9.21. The summed E-state index contributed by atoms with van der Waals surface area (Å²) in [6.07, 6.45) is 4.88. The number of amides is 1. The maximum atomic E-state index is 12.6. The number of carbonyl (C=O) groups excluding carboxylic acids is 1. The van der Waals surface area contributed by atoms with Gasteiger partial charge in [0.15, 0.2) is 6.61 Å². The highest BCUT2D eigenvalue weighted by Crippen LogP contribution is 2.28. The Hall–Kier alpha value is -2.29. The minimum absolute atomic E-state index is 0.0443. The van der Waals surface area contributed by atoms with E-state index < -0.39 is 15.9 Å². The summed E-state index contributed by atoms with van der Waals surface area (Å²) in [6, 6.07) is 11.2. The Morgan fingerprint density at radius 2 is 1.83 bits per heavy atom. The van der Waals surface area contributed by atoms with E-state index in [4.69, 9.17) is 21.1 Å². The van der Waals surface area contributed by atoms with Crippen LogP contribution in [0.5, 0.6) is 11.5 Å². The summed E-state index contributed by atoms with van der Waals surface area (Å²) in [7, 11) is -2.15. The smallest absolute Gasteiger partial charge is 0.262 e. The van der Waals surface area contributed by atoms with Gasteiger partial charge in [-0.1, -0.05) is 43.0 Å². The van der Waals surface area contributed by atoms with Crippen molar-refractivity contribution >= 4 is 33.2 Å². The zero-order valence-corrected chi connectivity index (χ0v) is 18.3. The van der Waals surface area contributed by atoms with E-state index in [0.717, 1.165) is 32.1 Å². The average Bonchev–Trinajstić information content (AvgIpc) is 2.73. The molecule has 0 saturated heterocycles. The van der Waals surface area contributed by atoms with Crippen LogP contribution in [0.3, 0.4) is 0 Å². The van der Waals surface area contributed by atoms with Gasteiger partial charge in [-0.15, -0.1) is 0 Å². The predicted molar refractivity (Wildman–Crippen MR) is 116 cm³/mol. The van der Waals surface area contributed by atoms with Crippen LogP contribution in [0, 0.1) is 0 Å². The first-order valence-corrected chi connectivity index (χ1v) is 11.6. The number of rotatable bonds is 8. The van der Waals surface area contributed by atoms with Crippen LogP contribution in [0.2, 0.25) is 5.02 Å². The summed E-state index contributed by atoms with van der Waals surface area (Å²) < 4.78 is 38.6. The average molecular weight is 453 g/mol. The summed E-state index contributed by atoms with van der Waals surface area (Å²) in [6.45, 7) is -0.288. The van der Waals surface area contributed by atoms with Crippen molar-refractivity contribution in [3.8, 4) is 11.5 Å². The van der Waals surface area contributed by atoms with E-state index >= 15 is 0 Å². The third kappa shape index (κ3) is 5.87. The molecular formula is C21H25ClN2O5S. The van der Waals surface area contributed by atoms with Gasteiger partial charge >= 0.3 is 0 Å². The first-order valence-electron chi connectivity index (χ1n) is 9.76. The fraction of sp³-hybridized carbons (Fsp3) is 0.381. The molecule has 1 aliphatic rings. The third-order valence-electron chi connectivity index (χ3n) is 4.88. The van der Waals surface area contributed by atoms with Gasteiger partial charge in [0, 0.05) is 6.04 Å². The highest BCUT2D eigenvalue weighted by Gasteiger charge is 2.22. The van der Waals surface area contributed by atoms with Crippen LogP contribution in [-0.4, -0.2) is 34.1 Å². The normalized spacial score (nSPS) is 14.9. The fourth-order valence-electron chi connectivity index (χ4n) is 3.35. The topological polar surface area (TPSA) is 93.7 Å². The van der Waals surface area contributed by atoms with Crippen molar-refractivity contribution in [2.75, 3.05) is 19.0 Å². The standard InChI is InChI=1S/C21H25ClN2O5S/c1-28-20-10-6-5-9-18(20)23-21(25)14-29-19-12-11-16(13-17(19)22)30(26,27)24-15-7-3-2-4-8-15/h5-6,9-13,15,24H,2-4,7-8,14H2,1H3,(H,23,25). The van der Waals surface area contributed by atoms with Gasteiger partial charge in [-0.3, -0.25) is 4.79 Å². The lowest BCUT2D eigenvalue weighted by molar-refractivity contribution is -0.118. The molecule has 0 unspecified atom stereocenters. The number of hydrogen-bond acceptors (Lipinski definition) is 5. The van der Waals surface area contributed by atoms with Crippen LogP contribution in [0.25, 0.3) is 0 Å². The van der Waals surface area contributed by atoms with Gasteiger partial charge in [-0.25, -0.2) is 13.1 Å². The first kappa shape index (κ1) is 22.4. The van der Waals surface area contributed by atoms with Gasteiger partial charge in [-0.2, -0.15) is 0 Å². The van der Waals surface area contributed by atoms with Crippen molar-refractivity contribution in [3.05, 3.63) is 47.5 Å². The van der Waals surface area contributed by atoms with E-state index in [9.17, 15) is 13.2 Å². The Kier molecular flexibility index (Phi) is 7.58. The minimum Gasteiger partial charge on any atom is -0.495 e. The lowest BCUT2D eigenvalue weighted by Crippen LogP contribution is -2.36. The number of methoxy groups -OCH3 is 1. The first-order chi connectivity index (χ1) is 14.4. The molecule has 3 rings (SSSR count). The van der Waals surface area contributed by atoms with Gasteiger partial charge in [0.2, 0.25) is 10.0 Å². The summed E-state index contributed by atoms with van der Waals surface area (Å²) in [5, 5.41) is 2.81. The molecule has 0 aromatic heterocycles. The van der Waals surface area contributed by atoms with Crippen LogP contribution in [0.4, 0.5) is 5.69 Å². The molecule has 162 valence electrons. The van der Waals surface area contributed by atoms with E-state index in [1.807, 2.05) is 0 Å². The number of hydrogen-bond donors (Lipinski definition) is 2. The molecule has 0 bridgehead atoms. The molecule has 2 aromatic carbocycles. The number of sulfonamides is 1. The number of ether oxygens (including phenoxy) is 2. The van der Waals surface area contributed by atoms with E-state index in [-0.39, 0.29) is 28.3 Å². The number of benzene rings is 2. The maximum Gasteiger partial charge on any atom is 0.262 e. The lowest BCUT2D eigenvalue weighted by atomic mass is 9.96. The molecule has 1 aliphatic carbocycles. The van der Waals surface area contributed by atoms with E-state index in [1.165, 1.54) is 25.3 Å². The molecule has 0 radical (unpaired) electrons. The van der Waals surface area contributed by atoms with Crippen molar-refractivity contribution in [2.24, 2.45) is 0 Å². The van der Waals surface area contributed by atoms with Gasteiger partial charge in [0.25, 0.3) is 5.91 Å². The van der Waals surface area contributed by atoms with Crippen molar-refractivity contribution in [1.29, 1.82) is 0 Å². The maximum absolute atomic E-state index is 12.6. The largest absolute Gasteiger partial charge is 0.495 e. The molecule has 2 aromatic rings. The summed E-state index contributed by atoms with van der Waals surface area (Å²) in [4.78, 5) is 12.2. The zero-order chi connectivity index (χ0) is 21.6. The highest BCUT2D eigenvalue weighted by atomic mass is 35.5. The second kappa shape index (κ2) is 10.1. The lowest BCUT2D eigenvalue weighted by Gasteiger charge is -2.22. The van der Waals surface area contributed by atoms with E-state index in [1.54, 1.807) is 24.3 Å². The molecule has 30 heavy (non-hydrogen) atoms. The van der Waals surface area contributed by atoms with Crippen LogP contribution in [0.1, 0.15) is 32.1 Å². The van der Waals surface area contributed by atoms with E-state index in [2.05, 4.69) is 10.0 Å². The summed E-state index contributed by atoms with van der Waals surface area (Å²) >= 11 is 6.20. The quantitative estimate of drug-likeness (QED) is 0.631. The highest BCUT2D eigenvalue weighted by molar-refractivity contribution is 7.89. The Morgan fingerprint density at radius 3 is 2.53 bits per heavy atom. The molecule has 1 amide bonds. The Balaban J connectivity index is 1.60. The molecular weight excluding hydrogens is 428 g/mol. The molecule has 2 N–H and O–H groups in total. The van der Waals surface area contributed by atoms with Gasteiger partial charge in [0.1, 0.15) is 11.5 Å². The van der Waals surface area contributed by atoms with Crippen LogP contribution >= 0.6 is 11.6 Å².